The summed E-state index contributed by atoms with van der Waals surface area (Å²) >= 11 is 0. The molecule has 0 aliphatic carbocycles. The second kappa shape index (κ2) is 3.06. The van der Waals surface area contributed by atoms with Crippen LogP contribution >= 0.6 is 0 Å². The molecule has 0 amide bonds. The molecule has 1 aliphatic heterocycles. The fourth-order valence-electron chi connectivity index (χ4n) is 1.25. The van der Waals surface area contributed by atoms with Gasteiger partial charge in [-0.15, -0.1) is 0 Å². The Morgan fingerprint density at radius 1 is 1.58 bits per heavy atom. The van der Waals surface area contributed by atoms with Gasteiger partial charge in [-0.1, -0.05) is 0 Å². The van der Waals surface area contributed by atoms with E-state index in [0.29, 0.717) is 12.6 Å². The van der Waals surface area contributed by atoms with Crippen LogP contribution in [0.1, 0.15) is 11.3 Å². The van der Waals surface area contributed by atoms with E-state index in [1.165, 1.54) is 0 Å². The van der Waals surface area contributed by atoms with E-state index >= 15 is 0 Å². The van der Waals surface area contributed by atoms with Gasteiger partial charge in [-0.3, -0.25) is 0 Å². The minimum absolute atomic E-state index is 0.652. The lowest BCUT2D eigenvalue weighted by Gasteiger charge is -2.14. The molecule has 64 valence electrons. The average Bonchev–Trinajstić information content (AvgIpc) is 2.17. The monoisotopic (exact) mass is 165 g/mol. The second-order valence-electron chi connectivity index (χ2n) is 2.72. The molecule has 0 unspecified atom stereocenters. The molecule has 0 bridgehead atoms. The fraction of sp³-hybridized carbons (Fsp3) is 0.500. The van der Waals surface area contributed by atoms with Crippen molar-refractivity contribution in [3.05, 3.63) is 17.5 Å². The Labute approximate surface area is 71.0 Å². The molecule has 2 heterocycles. The summed E-state index contributed by atoms with van der Waals surface area (Å²) in [5.41, 5.74) is 2.22. The highest BCUT2D eigenvalue weighted by molar-refractivity contribution is 5.29. The minimum Gasteiger partial charge on any atom is -0.376 e. The zero-order valence-corrected chi connectivity index (χ0v) is 7.00. The largest absolute Gasteiger partial charge is 0.376 e. The van der Waals surface area contributed by atoms with Crippen LogP contribution in [0.2, 0.25) is 0 Å². The number of hydrogen-bond acceptors (Lipinski definition) is 4. The molecular weight excluding hydrogens is 154 g/mol. The van der Waals surface area contributed by atoms with Gasteiger partial charge < -0.3 is 10.1 Å². The molecule has 0 atom stereocenters. The summed E-state index contributed by atoms with van der Waals surface area (Å²) in [4.78, 5) is 8.44. The average molecular weight is 165 g/mol. The maximum atomic E-state index is 5.27. The van der Waals surface area contributed by atoms with Gasteiger partial charge in [0.15, 0.2) is 0 Å². The molecule has 0 saturated carbocycles. The molecule has 0 aromatic carbocycles. The third-order valence-electron chi connectivity index (χ3n) is 1.92. The van der Waals surface area contributed by atoms with Crippen molar-refractivity contribution in [1.82, 2.24) is 9.97 Å². The summed E-state index contributed by atoms with van der Waals surface area (Å²) in [7, 11) is 1.82. The SMILES string of the molecule is CNc1ncc2c(n1)CCOC2. The van der Waals surface area contributed by atoms with Crippen LogP contribution in [0, 0.1) is 0 Å². The van der Waals surface area contributed by atoms with Crippen LogP contribution in [0.15, 0.2) is 6.20 Å². The first kappa shape index (κ1) is 7.49. The van der Waals surface area contributed by atoms with Crippen LogP contribution in [0.25, 0.3) is 0 Å². The Bertz CT molecular complexity index is 288. The molecule has 1 aromatic heterocycles. The highest BCUT2D eigenvalue weighted by Gasteiger charge is 2.11. The topological polar surface area (TPSA) is 47.0 Å². The van der Waals surface area contributed by atoms with E-state index in [2.05, 4.69) is 15.3 Å². The molecule has 2 rings (SSSR count). The van der Waals surface area contributed by atoms with Gasteiger partial charge in [0.1, 0.15) is 0 Å². The predicted molar refractivity (Wildman–Crippen MR) is 44.9 cm³/mol. The van der Waals surface area contributed by atoms with Crippen molar-refractivity contribution in [2.45, 2.75) is 13.0 Å². The summed E-state index contributed by atoms with van der Waals surface area (Å²) in [5.74, 6) is 0.690. The van der Waals surface area contributed by atoms with E-state index in [1.54, 1.807) is 0 Å². The maximum Gasteiger partial charge on any atom is 0.222 e. The lowest BCUT2D eigenvalue weighted by molar-refractivity contribution is 0.109. The minimum atomic E-state index is 0.652. The van der Waals surface area contributed by atoms with E-state index in [-0.39, 0.29) is 0 Å². The number of nitrogens with one attached hydrogen (secondary N) is 1. The molecule has 4 heteroatoms. The summed E-state index contributed by atoms with van der Waals surface area (Å²) in [6, 6.07) is 0. The highest BCUT2D eigenvalue weighted by Crippen LogP contribution is 2.14. The third-order valence-corrected chi connectivity index (χ3v) is 1.92. The Morgan fingerprint density at radius 3 is 3.33 bits per heavy atom. The van der Waals surface area contributed by atoms with Gasteiger partial charge in [0.2, 0.25) is 5.95 Å². The molecule has 1 aliphatic rings. The van der Waals surface area contributed by atoms with Crippen molar-refractivity contribution < 1.29 is 4.74 Å². The van der Waals surface area contributed by atoms with Gasteiger partial charge in [-0.2, -0.15) is 0 Å². The van der Waals surface area contributed by atoms with Gasteiger partial charge in [-0.25, -0.2) is 9.97 Å². The van der Waals surface area contributed by atoms with E-state index in [1.807, 2.05) is 13.2 Å². The van der Waals surface area contributed by atoms with Crippen LogP contribution in [0.5, 0.6) is 0 Å². The van der Waals surface area contributed by atoms with Crippen LogP contribution in [0.4, 0.5) is 5.95 Å². The zero-order chi connectivity index (χ0) is 8.39. The van der Waals surface area contributed by atoms with Crippen molar-refractivity contribution in [3.8, 4) is 0 Å². The summed E-state index contributed by atoms with van der Waals surface area (Å²) < 4.78 is 5.27. The van der Waals surface area contributed by atoms with Gasteiger partial charge in [0, 0.05) is 25.2 Å². The van der Waals surface area contributed by atoms with Gasteiger partial charge >= 0.3 is 0 Å². The standard InChI is InChI=1S/C8H11N3O/c1-9-8-10-4-6-5-12-3-2-7(6)11-8/h4H,2-3,5H2,1H3,(H,9,10,11). The number of hydrogen-bond donors (Lipinski definition) is 1. The summed E-state index contributed by atoms with van der Waals surface area (Å²) in [6.45, 7) is 1.42. The Hall–Kier alpha value is -1.16. The number of nitrogens with zero attached hydrogens (tertiary/aromatic N) is 2. The molecule has 0 spiro atoms. The van der Waals surface area contributed by atoms with E-state index in [0.717, 1.165) is 24.3 Å². The highest BCUT2D eigenvalue weighted by atomic mass is 16.5. The van der Waals surface area contributed by atoms with Crippen LogP contribution in [0.3, 0.4) is 0 Å². The lowest BCUT2D eigenvalue weighted by atomic mass is 10.1. The molecule has 1 N–H and O–H groups in total. The number of rotatable bonds is 1. The molecule has 0 fully saturated rings. The summed E-state index contributed by atoms with van der Waals surface area (Å²) in [5, 5.41) is 2.91. The quantitative estimate of drug-likeness (QED) is 0.661. The zero-order valence-electron chi connectivity index (χ0n) is 7.00. The first-order valence-electron chi connectivity index (χ1n) is 4.00. The van der Waals surface area contributed by atoms with Crippen molar-refractivity contribution >= 4 is 5.95 Å². The third kappa shape index (κ3) is 1.25. The lowest BCUT2D eigenvalue weighted by Crippen LogP contribution is -2.13. The normalized spacial score (nSPS) is 15.4. The number of anilines is 1. The molecule has 0 radical (unpaired) electrons. The van der Waals surface area contributed by atoms with E-state index in [9.17, 15) is 0 Å². The van der Waals surface area contributed by atoms with E-state index in [4.69, 9.17) is 4.74 Å². The summed E-state index contributed by atoms with van der Waals surface area (Å²) in [6.07, 6.45) is 2.72. The number of ether oxygens (including phenoxy) is 1. The van der Waals surface area contributed by atoms with Crippen molar-refractivity contribution in [1.29, 1.82) is 0 Å². The van der Waals surface area contributed by atoms with Gasteiger partial charge in [-0.05, 0) is 0 Å². The van der Waals surface area contributed by atoms with Crippen molar-refractivity contribution in [2.75, 3.05) is 19.0 Å². The molecule has 4 nitrogen and oxygen atoms in total. The van der Waals surface area contributed by atoms with E-state index < -0.39 is 0 Å². The van der Waals surface area contributed by atoms with Gasteiger partial charge in [0.05, 0.1) is 18.9 Å². The first-order chi connectivity index (χ1) is 5.90. The number of aromatic nitrogens is 2. The van der Waals surface area contributed by atoms with Gasteiger partial charge in [0.25, 0.3) is 0 Å². The molecule has 1 aromatic rings. The molecule has 12 heavy (non-hydrogen) atoms. The Balaban J connectivity index is 2.36. The number of fused-ring (bicyclic) bond motifs is 1. The Morgan fingerprint density at radius 2 is 2.50 bits per heavy atom. The second-order valence-corrected chi connectivity index (χ2v) is 2.72. The smallest absolute Gasteiger partial charge is 0.222 e. The van der Waals surface area contributed by atoms with Crippen LogP contribution < -0.4 is 5.32 Å². The Kier molecular flexibility index (Phi) is 1.91. The predicted octanol–water partition coefficient (Wildman–Crippen LogP) is 0.591. The molecule has 0 saturated heterocycles. The molecular formula is C8H11N3O. The fourth-order valence-corrected chi connectivity index (χ4v) is 1.25. The van der Waals surface area contributed by atoms with Crippen LogP contribution in [-0.2, 0) is 17.8 Å². The van der Waals surface area contributed by atoms with Crippen molar-refractivity contribution in [3.63, 3.8) is 0 Å². The van der Waals surface area contributed by atoms with Crippen LogP contribution in [-0.4, -0.2) is 23.6 Å². The maximum absolute atomic E-state index is 5.27. The first-order valence-corrected chi connectivity index (χ1v) is 4.00. The van der Waals surface area contributed by atoms with Crippen molar-refractivity contribution in [2.24, 2.45) is 0 Å².